The highest BCUT2D eigenvalue weighted by molar-refractivity contribution is 7.99. The number of aryl methyl sites for hydroxylation is 1. The van der Waals surface area contributed by atoms with Gasteiger partial charge in [-0.15, -0.1) is 0 Å². The summed E-state index contributed by atoms with van der Waals surface area (Å²) in [6, 6.07) is 0. The molecule has 1 aliphatic heterocycles. The minimum absolute atomic E-state index is 0.143. The zero-order valence-electron chi connectivity index (χ0n) is 9.87. The van der Waals surface area contributed by atoms with E-state index in [1.165, 1.54) is 18.6 Å². The highest BCUT2D eigenvalue weighted by atomic mass is 32.2. The van der Waals surface area contributed by atoms with Crippen molar-refractivity contribution in [1.82, 2.24) is 4.98 Å². The topological polar surface area (TPSA) is 52.0 Å². The van der Waals surface area contributed by atoms with Crippen LogP contribution in [-0.4, -0.2) is 23.0 Å². The molecule has 1 fully saturated rings. The Hall–Kier alpha value is -0.480. The molecule has 3 nitrogen and oxygen atoms in total. The smallest absolute Gasteiger partial charge is 0.201 e. The Morgan fingerprint density at radius 2 is 2.50 bits per heavy atom. The van der Waals surface area contributed by atoms with Crippen molar-refractivity contribution in [1.29, 1.82) is 0 Å². The number of nitrogens with zero attached hydrogens (tertiary/aromatic N) is 1. The molecule has 0 radical (unpaired) electrons. The maximum absolute atomic E-state index is 5.85. The average molecular weight is 240 g/mol. The molecule has 2 heterocycles. The molecular weight excluding hydrogens is 220 g/mol. The SMILES string of the molecule is CC1(c2ncc(CCCN)o2)CCCSC1. The van der Waals surface area contributed by atoms with Crippen LogP contribution in [0.25, 0.3) is 0 Å². The fourth-order valence-electron chi connectivity index (χ4n) is 2.08. The minimum atomic E-state index is 0.143. The second-order valence-electron chi connectivity index (χ2n) is 4.74. The van der Waals surface area contributed by atoms with Crippen molar-refractivity contribution < 1.29 is 4.42 Å². The molecule has 4 heteroatoms. The van der Waals surface area contributed by atoms with E-state index in [0.29, 0.717) is 6.54 Å². The van der Waals surface area contributed by atoms with E-state index in [4.69, 9.17) is 10.2 Å². The summed E-state index contributed by atoms with van der Waals surface area (Å²) in [6.07, 6.45) is 6.21. The zero-order chi connectivity index (χ0) is 11.4. The van der Waals surface area contributed by atoms with Crippen molar-refractivity contribution in [2.45, 2.75) is 38.0 Å². The summed E-state index contributed by atoms with van der Waals surface area (Å²) >= 11 is 2.00. The van der Waals surface area contributed by atoms with Crippen LogP contribution >= 0.6 is 11.8 Å². The lowest BCUT2D eigenvalue weighted by atomic mass is 9.87. The van der Waals surface area contributed by atoms with E-state index in [9.17, 15) is 0 Å². The molecule has 90 valence electrons. The number of rotatable bonds is 4. The van der Waals surface area contributed by atoms with Gasteiger partial charge in [0.05, 0.1) is 11.6 Å². The first kappa shape index (κ1) is 12.0. The molecule has 1 saturated heterocycles. The van der Waals surface area contributed by atoms with Crippen molar-refractivity contribution in [2.75, 3.05) is 18.1 Å². The summed E-state index contributed by atoms with van der Waals surface area (Å²) in [5.41, 5.74) is 5.63. The third-order valence-corrected chi connectivity index (χ3v) is 4.55. The minimum Gasteiger partial charge on any atom is -0.445 e. The van der Waals surface area contributed by atoms with E-state index in [-0.39, 0.29) is 5.41 Å². The van der Waals surface area contributed by atoms with Gasteiger partial charge in [0.15, 0.2) is 0 Å². The first-order valence-corrected chi connectivity index (χ1v) is 7.13. The van der Waals surface area contributed by atoms with Gasteiger partial charge in [0.1, 0.15) is 5.76 Å². The van der Waals surface area contributed by atoms with Gasteiger partial charge in [-0.1, -0.05) is 6.92 Å². The molecule has 1 unspecified atom stereocenters. The summed E-state index contributed by atoms with van der Waals surface area (Å²) in [5, 5.41) is 0. The lowest BCUT2D eigenvalue weighted by Crippen LogP contribution is -2.29. The molecule has 1 aromatic rings. The van der Waals surface area contributed by atoms with Crippen molar-refractivity contribution in [3.05, 3.63) is 17.8 Å². The lowest BCUT2D eigenvalue weighted by Gasteiger charge is -2.29. The van der Waals surface area contributed by atoms with Crippen molar-refractivity contribution in [3.8, 4) is 0 Å². The van der Waals surface area contributed by atoms with Crippen LogP contribution in [0.4, 0.5) is 0 Å². The molecule has 2 N–H and O–H groups in total. The summed E-state index contributed by atoms with van der Waals surface area (Å²) in [7, 11) is 0. The maximum atomic E-state index is 5.85. The Morgan fingerprint density at radius 1 is 1.62 bits per heavy atom. The number of hydrogen-bond acceptors (Lipinski definition) is 4. The quantitative estimate of drug-likeness (QED) is 0.877. The molecule has 1 aromatic heterocycles. The molecule has 0 saturated carbocycles. The largest absolute Gasteiger partial charge is 0.445 e. The summed E-state index contributed by atoms with van der Waals surface area (Å²) < 4.78 is 5.85. The number of thioether (sulfide) groups is 1. The molecule has 0 bridgehead atoms. The molecule has 1 aliphatic rings. The molecule has 0 amide bonds. The Labute approximate surface area is 101 Å². The summed E-state index contributed by atoms with van der Waals surface area (Å²) in [6.45, 7) is 2.97. The third-order valence-electron chi connectivity index (χ3n) is 3.14. The number of hydrogen-bond donors (Lipinski definition) is 1. The van der Waals surface area contributed by atoms with Crippen LogP contribution in [-0.2, 0) is 11.8 Å². The number of nitrogens with two attached hydrogens (primary N) is 1. The Bertz CT molecular complexity index is 332. The Morgan fingerprint density at radius 3 is 3.19 bits per heavy atom. The highest BCUT2D eigenvalue weighted by Gasteiger charge is 2.33. The fraction of sp³-hybridized carbons (Fsp3) is 0.750. The monoisotopic (exact) mass is 240 g/mol. The molecule has 1 atom stereocenters. The number of oxazole rings is 1. The molecular formula is C12H20N2OS. The van der Waals surface area contributed by atoms with E-state index in [0.717, 1.165) is 30.2 Å². The van der Waals surface area contributed by atoms with E-state index in [2.05, 4.69) is 11.9 Å². The summed E-state index contributed by atoms with van der Waals surface area (Å²) in [5.74, 6) is 4.31. The third kappa shape index (κ3) is 2.61. The molecule has 0 aliphatic carbocycles. The predicted octanol–water partition coefficient (Wildman–Crippen LogP) is 2.35. The second kappa shape index (κ2) is 5.23. The van der Waals surface area contributed by atoms with Gasteiger partial charge in [0.2, 0.25) is 5.89 Å². The zero-order valence-corrected chi connectivity index (χ0v) is 10.7. The first-order valence-electron chi connectivity index (χ1n) is 5.97. The normalized spacial score (nSPS) is 25.9. The summed E-state index contributed by atoms with van der Waals surface area (Å²) in [4.78, 5) is 4.44. The van der Waals surface area contributed by atoms with Crippen LogP contribution in [0.1, 0.15) is 37.8 Å². The van der Waals surface area contributed by atoms with Crippen molar-refractivity contribution in [2.24, 2.45) is 5.73 Å². The maximum Gasteiger partial charge on any atom is 0.201 e. The van der Waals surface area contributed by atoms with Gasteiger partial charge in [-0.3, -0.25) is 0 Å². The molecule has 16 heavy (non-hydrogen) atoms. The van der Waals surface area contributed by atoms with Crippen molar-refractivity contribution >= 4 is 11.8 Å². The Kier molecular flexibility index (Phi) is 3.92. The van der Waals surface area contributed by atoms with E-state index < -0.39 is 0 Å². The van der Waals surface area contributed by atoms with E-state index in [1.54, 1.807) is 0 Å². The predicted molar refractivity (Wildman–Crippen MR) is 67.8 cm³/mol. The molecule has 0 spiro atoms. The van der Waals surface area contributed by atoms with Gasteiger partial charge < -0.3 is 10.2 Å². The lowest BCUT2D eigenvalue weighted by molar-refractivity contribution is 0.334. The van der Waals surface area contributed by atoms with Gasteiger partial charge in [-0.05, 0) is 31.6 Å². The van der Waals surface area contributed by atoms with Gasteiger partial charge >= 0.3 is 0 Å². The van der Waals surface area contributed by atoms with Crippen LogP contribution in [0.5, 0.6) is 0 Å². The fourth-order valence-corrected chi connectivity index (χ4v) is 3.29. The van der Waals surface area contributed by atoms with Gasteiger partial charge in [0, 0.05) is 12.2 Å². The average Bonchev–Trinajstić information content (AvgIpc) is 2.77. The Balaban J connectivity index is 2.05. The second-order valence-corrected chi connectivity index (χ2v) is 5.85. The van der Waals surface area contributed by atoms with Gasteiger partial charge in [-0.25, -0.2) is 4.98 Å². The van der Waals surface area contributed by atoms with Crippen molar-refractivity contribution in [3.63, 3.8) is 0 Å². The van der Waals surface area contributed by atoms with Crippen LogP contribution in [0.2, 0.25) is 0 Å². The van der Waals surface area contributed by atoms with Crippen LogP contribution in [0.15, 0.2) is 10.6 Å². The number of aromatic nitrogens is 1. The molecule has 0 aromatic carbocycles. The highest BCUT2D eigenvalue weighted by Crippen LogP contribution is 2.36. The standard InChI is InChI=1S/C12H20N2OS/c1-12(5-3-7-16-9-12)11-14-8-10(15-11)4-2-6-13/h8H,2-7,9,13H2,1H3. The van der Waals surface area contributed by atoms with Crippen LogP contribution in [0, 0.1) is 0 Å². The molecule has 2 rings (SSSR count). The van der Waals surface area contributed by atoms with Gasteiger partial charge in [0.25, 0.3) is 0 Å². The van der Waals surface area contributed by atoms with Gasteiger partial charge in [-0.2, -0.15) is 11.8 Å². The first-order chi connectivity index (χ1) is 7.74. The van der Waals surface area contributed by atoms with E-state index in [1.807, 2.05) is 18.0 Å². The van der Waals surface area contributed by atoms with E-state index >= 15 is 0 Å². The van der Waals surface area contributed by atoms with Crippen LogP contribution < -0.4 is 5.73 Å². The van der Waals surface area contributed by atoms with Crippen LogP contribution in [0.3, 0.4) is 0 Å².